The highest BCUT2D eigenvalue weighted by atomic mass is 19.3. The SMILES string of the molecule is COC(=O)Cc1c[nH]c(=O)c(F)c1C(F)F. The number of nitrogens with one attached hydrogen (secondary N) is 1. The molecule has 0 atom stereocenters. The number of carbonyl (C=O) groups is 1. The Bertz CT molecular complexity index is 456. The second-order valence-electron chi connectivity index (χ2n) is 2.92. The Morgan fingerprint density at radius 2 is 2.19 bits per heavy atom. The molecule has 0 saturated carbocycles. The first-order valence-corrected chi connectivity index (χ1v) is 4.22. The van der Waals surface area contributed by atoms with Gasteiger partial charge in [0.25, 0.3) is 12.0 Å². The van der Waals surface area contributed by atoms with Gasteiger partial charge in [-0.3, -0.25) is 9.59 Å². The van der Waals surface area contributed by atoms with Crippen molar-refractivity contribution in [2.75, 3.05) is 7.11 Å². The summed E-state index contributed by atoms with van der Waals surface area (Å²) in [5.74, 6) is -2.37. The molecule has 1 heterocycles. The minimum Gasteiger partial charge on any atom is -0.469 e. The van der Waals surface area contributed by atoms with Crippen LogP contribution in [0.15, 0.2) is 11.0 Å². The highest BCUT2D eigenvalue weighted by Crippen LogP contribution is 2.24. The standard InChI is InChI=1S/C9H8F3NO3/c1-16-5(14)2-4-3-13-9(15)7(10)6(4)8(11)12/h3,8H,2H2,1H3,(H,13,15). The molecule has 0 radical (unpaired) electrons. The first-order chi connectivity index (χ1) is 7.47. The lowest BCUT2D eigenvalue weighted by Crippen LogP contribution is -2.18. The fourth-order valence-corrected chi connectivity index (χ4v) is 1.17. The molecule has 0 aromatic carbocycles. The zero-order valence-electron chi connectivity index (χ0n) is 8.22. The monoisotopic (exact) mass is 235 g/mol. The van der Waals surface area contributed by atoms with Crippen molar-refractivity contribution >= 4 is 5.97 Å². The summed E-state index contributed by atoms with van der Waals surface area (Å²) in [5.41, 5.74) is -2.60. The van der Waals surface area contributed by atoms with E-state index in [4.69, 9.17) is 0 Å². The lowest BCUT2D eigenvalue weighted by Gasteiger charge is -2.07. The Balaban J connectivity index is 3.23. The minimum atomic E-state index is -3.16. The lowest BCUT2D eigenvalue weighted by atomic mass is 10.1. The van der Waals surface area contributed by atoms with Gasteiger partial charge in [0.15, 0.2) is 5.82 Å². The van der Waals surface area contributed by atoms with Crippen molar-refractivity contribution in [3.8, 4) is 0 Å². The molecule has 0 aliphatic rings. The topological polar surface area (TPSA) is 59.2 Å². The highest BCUT2D eigenvalue weighted by Gasteiger charge is 2.22. The second-order valence-corrected chi connectivity index (χ2v) is 2.92. The number of carbonyl (C=O) groups excluding carboxylic acids is 1. The van der Waals surface area contributed by atoms with Gasteiger partial charge >= 0.3 is 5.97 Å². The van der Waals surface area contributed by atoms with Gasteiger partial charge in [-0.2, -0.15) is 0 Å². The molecule has 0 spiro atoms. The molecule has 1 aromatic heterocycles. The first kappa shape index (κ1) is 12.3. The van der Waals surface area contributed by atoms with Crippen LogP contribution in [0.25, 0.3) is 0 Å². The molecule has 16 heavy (non-hydrogen) atoms. The van der Waals surface area contributed by atoms with Gasteiger partial charge < -0.3 is 9.72 Å². The molecule has 0 unspecified atom stereocenters. The van der Waals surface area contributed by atoms with E-state index in [1.807, 2.05) is 4.98 Å². The maximum Gasteiger partial charge on any atom is 0.310 e. The predicted octanol–water partition coefficient (Wildman–Crippen LogP) is 1.17. The van der Waals surface area contributed by atoms with Crippen LogP contribution in [0.3, 0.4) is 0 Å². The van der Waals surface area contributed by atoms with Crippen LogP contribution in [-0.4, -0.2) is 18.1 Å². The zero-order chi connectivity index (χ0) is 12.3. The van der Waals surface area contributed by atoms with Crippen molar-refractivity contribution in [2.24, 2.45) is 0 Å². The Morgan fingerprint density at radius 1 is 1.56 bits per heavy atom. The summed E-state index contributed by atoms with van der Waals surface area (Å²) in [4.78, 5) is 23.6. The largest absolute Gasteiger partial charge is 0.469 e. The van der Waals surface area contributed by atoms with Gasteiger partial charge in [0.05, 0.1) is 19.1 Å². The number of alkyl halides is 2. The van der Waals surface area contributed by atoms with Crippen molar-refractivity contribution in [1.29, 1.82) is 0 Å². The van der Waals surface area contributed by atoms with Crippen molar-refractivity contribution < 1.29 is 22.7 Å². The third kappa shape index (κ3) is 2.41. The number of aromatic nitrogens is 1. The van der Waals surface area contributed by atoms with E-state index in [-0.39, 0.29) is 5.56 Å². The van der Waals surface area contributed by atoms with Crippen molar-refractivity contribution in [2.45, 2.75) is 12.8 Å². The Morgan fingerprint density at radius 3 is 2.69 bits per heavy atom. The molecule has 0 aliphatic carbocycles. The highest BCUT2D eigenvalue weighted by molar-refractivity contribution is 5.72. The van der Waals surface area contributed by atoms with E-state index in [2.05, 4.69) is 4.74 Å². The predicted molar refractivity (Wildman–Crippen MR) is 47.7 cm³/mol. The number of rotatable bonds is 3. The lowest BCUT2D eigenvalue weighted by molar-refractivity contribution is -0.139. The fraction of sp³-hybridized carbons (Fsp3) is 0.333. The number of aromatic amines is 1. The van der Waals surface area contributed by atoms with E-state index >= 15 is 0 Å². The fourth-order valence-electron chi connectivity index (χ4n) is 1.17. The Hall–Kier alpha value is -1.79. The Labute approximate surface area is 88.0 Å². The summed E-state index contributed by atoms with van der Waals surface area (Å²) in [7, 11) is 1.08. The van der Waals surface area contributed by atoms with Crippen LogP contribution in [-0.2, 0) is 16.0 Å². The van der Waals surface area contributed by atoms with Crippen LogP contribution < -0.4 is 5.56 Å². The average molecular weight is 235 g/mol. The van der Waals surface area contributed by atoms with Gasteiger partial charge in [0.2, 0.25) is 0 Å². The maximum absolute atomic E-state index is 13.1. The van der Waals surface area contributed by atoms with E-state index in [1.165, 1.54) is 0 Å². The number of pyridine rings is 1. The number of methoxy groups -OCH3 is 1. The molecule has 0 aliphatic heterocycles. The van der Waals surface area contributed by atoms with Gasteiger partial charge in [-0.25, -0.2) is 13.2 Å². The van der Waals surface area contributed by atoms with E-state index < -0.39 is 35.8 Å². The average Bonchev–Trinajstić information content (AvgIpc) is 2.23. The number of hydrogen-bond acceptors (Lipinski definition) is 3. The van der Waals surface area contributed by atoms with Gasteiger partial charge in [-0.1, -0.05) is 0 Å². The van der Waals surface area contributed by atoms with E-state index in [0.29, 0.717) is 0 Å². The molecular formula is C9H8F3NO3. The van der Waals surface area contributed by atoms with E-state index in [9.17, 15) is 22.8 Å². The van der Waals surface area contributed by atoms with Gasteiger partial charge in [-0.05, 0) is 5.56 Å². The third-order valence-corrected chi connectivity index (χ3v) is 1.94. The van der Waals surface area contributed by atoms with E-state index in [0.717, 1.165) is 13.3 Å². The summed E-state index contributed by atoms with van der Waals surface area (Å²) in [6.07, 6.45) is -2.81. The normalized spacial score (nSPS) is 10.6. The van der Waals surface area contributed by atoms with Gasteiger partial charge in [-0.15, -0.1) is 0 Å². The summed E-state index contributed by atoms with van der Waals surface area (Å²) in [6, 6.07) is 0. The van der Waals surface area contributed by atoms with Crippen molar-refractivity contribution in [1.82, 2.24) is 4.98 Å². The summed E-state index contributed by atoms with van der Waals surface area (Å²) in [6.45, 7) is 0. The van der Waals surface area contributed by atoms with E-state index in [1.54, 1.807) is 0 Å². The molecule has 1 aromatic rings. The molecule has 1 rings (SSSR count). The summed E-state index contributed by atoms with van der Waals surface area (Å²) in [5, 5.41) is 0. The number of ether oxygens (including phenoxy) is 1. The second kappa shape index (κ2) is 4.82. The number of H-pyrrole nitrogens is 1. The number of esters is 1. The molecule has 1 N–H and O–H groups in total. The summed E-state index contributed by atoms with van der Waals surface area (Å²) >= 11 is 0. The van der Waals surface area contributed by atoms with Gasteiger partial charge in [0, 0.05) is 6.20 Å². The quantitative estimate of drug-likeness (QED) is 0.800. The molecular weight excluding hydrogens is 227 g/mol. The minimum absolute atomic E-state index is 0.293. The van der Waals surface area contributed by atoms with Crippen molar-refractivity contribution in [3.05, 3.63) is 33.5 Å². The molecule has 0 fully saturated rings. The molecule has 7 heteroatoms. The number of halogens is 3. The third-order valence-electron chi connectivity index (χ3n) is 1.94. The molecule has 88 valence electrons. The first-order valence-electron chi connectivity index (χ1n) is 4.22. The smallest absolute Gasteiger partial charge is 0.310 e. The molecule has 0 amide bonds. The van der Waals surface area contributed by atoms with Crippen LogP contribution in [0, 0.1) is 5.82 Å². The molecule has 4 nitrogen and oxygen atoms in total. The maximum atomic E-state index is 13.1. The molecule has 0 bridgehead atoms. The zero-order valence-corrected chi connectivity index (χ0v) is 8.22. The van der Waals surface area contributed by atoms with Crippen LogP contribution in [0.5, 0.6) is 0 Å². The van der Waals surface area contributed by atoms with Crippen LogP contribution in [0.4, 0.5) is 13.2 Å². The summed E-state index contributed by atoms with van der Waals surface area (Å²) < 4.78 is 42.3. The van der Waals surface area contributed by atoms with Gasteiger partial charge in [0.1, 0.15) is 0 Å². The van der Waals surface area contributed by atoms with Crippen LogP contribution >= 0.6 is 0 Å². The van der Waals surface area contributed by atoms with Crippen molar-refractivity contribution in [3.63, 3.8) is 0 Å². The Kier molecular flexibility index (Phi) is 3.70. The van der Waals surface area contributed by atoms with Crippen LogP contribution in [0.1, 0.15) is 17.6 Å². The van der Waals surface area contributed by atoms with Crippen LogP contribution in [0.2, 0.25) is 0 Å². The number of hydrogen-bond donors (Lipinski definition) is 1. The molecule has 0 saturated heterocycles.